The smallest absolute Gasteiger partial charge is 0.493 e. The van der Waals surface area contributed by atoms with Crippen LogP contribution in [0.25, 0.3) is 0 Å². The number of methoxy groups -OCH3 is 2. The second-order valence-corrected chi connectivity index (χ2v) is 4.90. The Morgan fingerprint density at radius 3 is 2.32 bits per heavy atom. The summed E-state index contributed by atoms with van der Waals surface area (Å²) in [6.07, 6.45) is 0. The molecule has 0 radical (unpaired) electrons. The van der Waals surface area contributed by atoms with Crippen molar-refractivity contribution in [3.8, 4) is 11.5 Å². The van der Waals surface area contributed by atoms with Crippen LogP contribution < -0.4 is 8.92 Å². The number of hydrogen-bond acceptors (Lipinski definition) is 5. The molecule has 0 saturated heterocycles. The van der Waals surface area contributed by atoms with Crippen LogP contribution in [0.5, 0.6) is 11.5 Å². The molecule has 0 aliphatic heterocycles. The standard InChI is InChI=1S/C10H11F3O5S/c1-16-6-7-4-3-5-8(17-2)9(7)18-19(14,15)10(11,12)13/h3-5H,6H2,1-2H3. The van der Waals surface area contributed by atoms with E-state index in [4.69, 9.17) is 9.47 Å². The Hall–Kier alpha value is -1.48. The maximum Gasteiger partial charge on any atom is 0.534 e. The molecule has 0 aliphatic carbocycles. The van der Waals surface area contributed by atoms with Gasteiger partial charge in [-0.2, -0.15) is 21.6 Å². The molecule has 0 aliphatic rings. The van der Waals surface area contributed by atoms with Crippen LogP contribution in [0, 0.1) is 0 Å². The Labute approximate surface area is 108 Å². The van der Waals surface area contributed by atoms with Crippen molar-refractivity contribution in [2.75, 3.05) is 14.2 Å². The highest BCUT2D eigenvalue weighted by Crippen LogP contribution is 2.36. The Morgan fingerprint density at radius 1 is 1.21 bits per heavy atom. The fraction of sp³-hybridized carbons (Fsp3) is 0.400. The van der Waals surface area contributed by atoms with Gasteiger partial charge < -0.3 is 13.7 Å². The highest BCUT2D eigenvalue weighted by atomic mass is 32.2. The van der Waals surface area contributed by atoms with Crippen LogP contribution >= 0.6 is 0 Å². The molecule has 1 aromatic carbocycles. The van der Waals surface area contributed by atoms with Gasteiger partial charge in [-0.05, 0) is 6.07 Å². The number of benzene rings is 1. The first-order chi connectivity index (χ1) is 8.73. The second-order valence-electron chi connectivity index (χ2n) is 3.36. The summed E-state index contributed by atoms with van der Waals surface area (Å²) in [5.41, 5.74) is -5.40. The number of para-hydroxylation sites is 1. The van der Waals surface area contributed by atoms with Gasteiger partial charge in [0.25, 0.3) is 0 Å². The quantitative estimate of drug-likeness (QED) is 0.615. The Kier molecular flexibility index (Phi) is 4.64. The molecule has 0 spiro atoms. The lowest BCUT2D eigenvalue weighted by Gasteiger charge is -2.15. The SMILES string of the molecule is COCc1cccc(OC)c1OS(=O)(=O)C(F)(F)F. The lowest BCUT2D eigenvalue weighted by Crippen LogP contribution is -2.28. The average molecular weight is 300 g/mol. The average Bonchev–Trinajstić information content (AvgIpc) is 2.30. The molecule has 0 atom stereocenters. The van der Waals surface area contributed by atoms with E-state index in [1.807, 2.05) is 0 Å². The van der Waals surface area contributed by atoms with E-state index in [0.29, 0.717) is 0 Å². The van der Waals surface area contributed by atoms with Crippen molar-refractivity contribution in [1.29, 1.82) is 0 Å². The van der Waals surface area contributed by atoms with Crippen LogP contribution in [-0.4, -0.2) is 28.1 Å². The third-order valence-corrected chi connectivity index (χ3v) is 3.01. The van der Waals surface area contributed by atoms with Crippen LogP contribution in [0.4, 0.5) is 13.2 Å². The molecule has 0 unspecified atom stereocenters. The summed E-state index contributed by atoms with van der Waals surface area (Å²) in [5.74, 6) is -0.674. The number of hydrogen-bond donors (Lipinski definition) is 0. The summed E-state index contributed by atoms with van der Waals surface area (Å²) in [7, 11) is -3.27. The van der Waals surface area contributed by atoms with Crippen LogP contribution in [0.2, 0.25) is 0 Å². The van der Waals surface area contributed by atoms with Crippen molar-refractivity contribution < 1.29 is 35.2 Å². The maximum atomic E-state index is 12.3. The van der Waals surface area contributed by atoms with Crippen LogP contribution in [0.15, 0.2) is 18.2 Å². The van der Waals surface area contributed by atoms with Gasteiger partial charge in [0.2, 0.25) is 0 Å². The molecule has 1 rings (SSSR count). The fourth-order valence-corrected chi connectivity index (χ4v) is 1.75. The van der Waals surface area contributed by atoms with Crippen molar-refractivity contribution in [1.82, 2.24) is 0 Å². The number of halogens is 3. The van der Waals surface area contributed by atoms with Crippen molar-refractivity contribution in [3.63, 3.8) is 0 Å². The topological polar surface area (TPSA) is 61.8 Å². The molecular formula is C10H11F3O5S. The summed E-state index contributed by atoms with van der Waals surface area (Å²) >= 11 is 0. The predicted molar refractivity (Wildman–Crippen MR) is 59.3 cm³/mol. The molecular weight excluding hydrogens is 289 g/mol. The fourth-order valence-electron chi connectivity index (χ4n) is 1.24. The Morgan fingerprint density at radius 2 is 1.84 bits per heavy atom. The minimum absolute atomic E-state index is 0.120. The van der Waals surface area contributed by atoms with Crippen LogP contribution in [0.1, 0.15) is 5.56 Å². The first-order valence-corrected chi connectivity index (χ1v) is 6.29. The zero-order chi connectivity index (χ0) is 14.7. The largest absolute Gasteiger partial charge is 0.534 e. The summed E-state index contributed by atoms with van der Waals surface area (Å²) < 4.78 is 72.5. The van der Waals surface area contributed by atoms with E-state index < -0.39 is 21.4 Å². The number of ether oxygens (including phenoxy) is 2. The van der Waals surface area contributed by atoms with E-state index in [9.17, 15) is 21.6 Å². The summed E-state index contributed by atoms with van der Waals surface area (Å²) in [5, 5.41) is 0. The minimum atomic E-state index is -5.76. The molecule has 0 saturated carbocycles. The molecule has 0 heterocycles. The van der Waals surface area contributed by atoms with Crippen molar-refractivity contribution in [2.45, 2.75) is 12.1 Å². The van der Waals surface area contributed by atoms with Crippen molar-refractivity contribution in [2.24, 2.45) is 0 Å². The lowest BCUT2D eigenvalue weighted by atomic mass is 10.2. The van der Waals surface area contributed by atoms with Gasteiger partial charge in [0, 0.05) is 12.7 Å². The molecule has 0 amide bonds. The zero-order valence-electron chi connectivity index (χ0n) is 10.0. The van der Waals surface area contributed by atoms with Gasteiger partial charge in [0.15, 0.2) is 11.5 Å². The summed E-state index contributed by atoms with van der Waals surface area (Å²) in [4.78, 5) is 0. The van der Waals surface area contributed by atoms with Crippen LogP contribution in [0.3, 0.4) is 0 Å². The van der Waals surface area contributed by atoms with Gasteiger partial charge in [0.05, 0.1) is 13.7 Å². The molecule has 0 bridgehead atoms. The molecule has 0 fully saturated rings. The van der Waals surface area contributed by atoms with E-state index in [2.05, 4.69) is 4.18 Å². The van der Waals surface area contributed by atoms with E-state index in [-0.39, 0.29) is 17.9 Å². The monoisotopic (exact) mass is 300 g/mol. The van der Waals surface area contributed by atoms with Crippen molar-refractivity contribution in [3.05, 3.63) is 23.8 Å². The zero-order valence-corrected chi connectivity index (χ0v) is 10.8. The second kappa shape index (κ2) is 5.66. The van der Waals surface area contributed by atoms with Gasteiger partial charge >= 0.3 is 15.6 Å². The maximum absolute atomic E-state index is 12.3. The highest BCUT2D eigenvalue weighted by Gasteiger charge is 2.49. The van der Waals surface area contributed by atoms with Crippen molar-refractivity contribution >= 4 is 10.1 Å². The highest BCUT2D eigenvalue weighted by molar-refractivity contribution is 7.88. The Bertz CT molecular complexity index is 539. The van der Waals surface area contributed by atoms with E-state index >= 15 is 0 Å². The van der Waals surface area contributed by atoms with Gasteiger partial charge in [-0.1, -0.05) is 12.1 Å². The molecule has 108 valence electrons. The molecule has 19 heavy (non-hydrogen) atoms. The normalized spacial score (nSPS) is 12.3. The molecule has 5 nitrogen and oxygen atoms in total. The lowest BCUT2D eigenvalue weighted by molar-refractivity contribution is -0.0501. The van der Waals surface area contributed by atoms with Crippen LogP contribution in [-0.2, 0) is 21.5 Å². The number of rotatable bonds is 5. The third-order valence-electron chi connectivity index (χ3n) is 2.06. The molecule has 1 aromatic rings. The minimum Gasteiger partial charge on any atom is -0.493 e. The predicted octanol–water partition coefficient (Wildman–Crippen LogP) is 2.07. The van der Waals surface area contributed by atoms with E-state index in [0.717, 1.165) is 0 Å². The van der Waals surface area contributed by atoms with Gasteiger partial charge in [0.1, 0.15) is 0 Å². The number of alkyl halides is 3. The van der Waals surface area contributed by atoms with E-state index in [1.165, 1.54) is 32.4 Å². The van der Waals surface area contributed by atoms with Gasteiger partial charge in [-0.3, -0.25) is 0 Å². The van der Waals surface area contributed by atoms with Gasteiger partial charge in [-0.15, -0.1) is 0 Å². The first-order valence-electron chi connectivity index (χ1n) is 4.88. The Balaban J connectivity index is 3.26. The molecule has 9 heteroatoms. The van der Waals surface area contributed by atoms with Gasteiger partial charge in [-0.25, -0.2) is 0 Å². The third kappa shape index (κ3) is 3.51. The summed E-state index contributed by atoms with van der Waals surface area (Å²) in [6.45, 7) is -0.125. The molecule has 0 aromatic heterocycles. The van der Waals surface area contributed by atoms with E-state index in [1.54, 1.807) is 0 Å². The molecule has 0 N–H and O–H groups in total. The summed E-state index contributed by atoms with van der Waals surface area (Å²) in [6, 6.07) is 4.12. The first kappa shape index (κ1) is 15.6.